The van der Waals surface area contributed by atoms with Crippen molar-refractivity contribution < 1.29 is 9.53 Å². The summed E-state index contributed by atoms with van der Waals surface area (Å²) in [5, 5.41) is 5.61. The van der Waals surface area contributed by atoms with E-state index in [2.05, 4.69) is 10.6 Å². The minimum absolute atomic E-state index is 0.132. The van der Waals surface area contributed by atoms with Crippen LogP contribution in [0.25, 0.3) is 0 Å². The van der Waals surface area contributed by atoms with E-state index < -0.39 is 0 Å². The average molecular weight is 250 g/mol. The number of rotatable bonds is 7. The van der Waals surface area contributed by atoms with Crippen LogP contribution in [-0.2, 0) is 11.3 Å². The zero-order valence-corrected chi connectivity index (χ0v) is 11.2. The molecule has 2 N–H and O–H groups in total. The first-order chi connectivity index (χ1) is 8.72. The molecule has 0 spiro atoms. The van der Waals surface area contributed by atoms with Crippen molar-refractivity contribution in [3.8, 4) is 0 Å². The Balaban J connectivity index is 2.11. The third-order valence-electron chi connectivity index (χ3n) is 2.53. The van der Waals surface area contributed by atoms with Crippen LogP contribution in [-0.4, -0.2) is 25.8 Å². The van der Waals surface area contributed by atoms with E-state index in [4.69, 9.17) is 4.74 Å². The molecule has 100 valence electrons. The van der Waals surface area contributed by atoms with Gasteiger partial charge in [-0.15, -0.1) is 0 Å². The van der Waals surface area contributed by atoms with E-state index in [1.54, 1.807) is 0 Å². The fraction of sp³-hybridized carbons (Fsp3) is 0.500. The number of nitrogens with one attached hydrogen (secondary N) is 2. The highest BCUT2D eigenvalue weighted by Crippen LogP contribution is 2.02. The maximum atomic E-state index is 11.5. The summed E-state index contributed by atoms with van der Waals surface area (Å²) in [7, 11) is 0. The number of hydrogen-bond donors (Lipinski definition) is 2. The number of amides is 2. The Morgan fingerprint density at radius 1 is 1.22 bits per heavy atom. The molecular formula is C14H22N2O2. The minimum atomic E-state index is -0.132. The van der Waals surface area contributed by atoms with Crippen LogP contribution in [0.4, 0.5) is 4.79 Å². The van der Waals surface area contributed by atoms with E-state index in [1.807, 2.05) is 38.1 Å². The summed E-state index contributed by atoms with van der Waals surface area (Å²) in [5.41, 5.74) is 2.32. The lowest BCUT2D eigenvalue weighted by Crippen LogP contribution is -2.35. The number of aryl methyl sites for hydroxylation is 1. The molecule has 1 aromatic rings. The maximum Gasteiger partial charge on any atom is 0.315 e. The summed E-state index contributed by atoms with van der Waals surface area (Å²) < 4.78 is 5.18. The summed E-state index contributed by atoms with van der Waals surface area (Å²) in [6.07, 6.45) is 0.839. The van der Waals surface area contributed by atoms with Crippen molar-refractivity contribution in [1.82, 2.24) is 10.6 Å². The van der Waals surface area contributed by atoms with Gasteiger partial charge in [-0.3, -0.25) is 0 Å². The van der Waals surface area contributed by atoms with Crippen LogP contribution in [0.3, 0.4) is 0 Å². The van der Waals surface area contributed by atoms with Crippen molar-refractivity contribution in [1.29, 1.82) is 0 Å². The molecule has 4 nitrogen and oxygen atoms in total. The first-order valence-electron chi connectivity index (χ1n) is 6.37. The quantitative estimate of drug-likeness (QED) is 0.729. The van der Waals surface area contributed by atoms with Crippen molar-refractivity contribution in [2.75, 3.05) is 19.8 Å². The summed E-state index contributed by atoms with van der Waals surface area (Å²) in [6.45, 7) is 6.61. The van der Waals surface area contributed by atoms with E-state index in [1.165, 1.54) is 5.56 Å². The minimum Gasteiger partial charge on any atom is -0.382 e. The van der Waals surface area contributed by atoms with Crippen LogP contribution in [0, 0.1) is 6.92 Å². The molecule has 18 heavy (non-hydrogen) atoms. The standard InChI is InChI=1S/C14H22N2O2/c1-3-18-10-4-9-15-14(17)16-11-13-7-5-12(2)6-8-13/h5-8H,3-4,9-11H2,1-2H3,(H2,15,16,17). The lowest BCUT2D eigenvalue weighted by atomic mass is 10.1. The van der Waals surface area contributed by atoms with Gasteiger partial charge in [-0.25, -0.2) is 4.79 Å². The molecule has 0 fully saturated rings. The van der Waals surface area contributed by atoms with Gasteiger partial charge in [0.05, 0.1) is 0 Å². The summed E-state index contributed by atoms with van der Waals surface area (Å²) in [6, 6.07) is 7.98. The van der Waals surface area contributed by atoms with Crippen LogP contribution >= 0.6 is 0 Å². The topological polar surface area (TPSA) is 50.4 Å². The molecule has 4 heteroatoms. The molecule has 0 unspecified atom stereocenters. The number of urea groups is 1. The monoisotopic (exact) mass is 250 g/mol. The van der Waals surface area contributed by atoms with E-state index in [-0.39, 0.29) is 6.03 Å². The van der Waals surface area contributed by atoms with Crippen molar-refractivity contribution in [2.45, 2.75) is 26.8 Å². The molecule has 0 radical (unpaired) electrons. The van der Waals surface area contributed by atoms with Crippen LogP contribution < -0.4 is 10.6 Å². The van der Waals surface area contributed by atoms with Crippen molar-refractivity contribution in [2.24, 2.45) is 0 Å². The molecule has 2 amide bonds. The van der Waals surface area contributed by atoms with Crippen molar-refractivity contribution >= 4 is 6.03 Å². The van der Waals surface area contributed by atoms with Gasteiger partial charge in [-0.2, -0.15) is 0 Å². The number of ether oxygens (including phenoxy) is 1. The fourth-order valence-electron chi connectivity index (χ4n) is 1.47. The third-order valence-corrected chi connectivity index (χ3v) is 2.53. The smallest absolute Gasteiger partial charge is 0.315 e. The fourth-order valence-corrected chi connectivity index (χ4v) is 1.47. The second-order valence-electron chi connectivity index (χ2n) is 4.15. The van der Waals surface area contributed by atoms with Gasteiger partial charge in [0, 0.05) is 26.3 Å². The Hall–Kier alpha value is -1.55. The second-order valence-corrected chi connectivity index (χ2v) is 4.15. The van der Waals surface area contributed by atoms with Crippen molar-refractivity contribution in [3.63, 3.8) is 0 Å². The van der Waals surface area contributed by atoms with Crippen LogP contribution in [0.15, 0.2) is 24.3 Å². The van der Waals surface area contributed by atoms with Gasteiger partial charge in [0.2, 0.25) is 0 Å². The van der Waals surface area contributed by atoms with Gasteiger partial charge in [-0.05, 0) is 25.8 Å². The van der Waals surface area contributed by atoms with Crippen LogP contribution in [0.5, 0.6) is 0 Å². The summed E-state index contributed by atoms with van der Waals surface area (Å²) in [4.78, 5) is 11.5. The van der Waals surface area contributed by atoms with Gasteiger partial charge < -0.3 is 15.4 Å². The number of hydrogen-bond acceptors (Lipinski definition) is 2. The van der Waals surface area contributed by atoms with Crippen LogP contribution in [0.2, 0.25) is 0 Å². The molecule has 0 aliphatic rings. The SMILES string of the molecule is CCOCCCNC(=O)NCc1ccc(C)cc1. The predicted octanol–water partition coefficient (Wildman–Crippen LogP) is 2.22. The zero-order valence-electron chi connectivity index (χ0n) is 11.2. The zero-order chi connectivity index (χ0) is 13.2. The molecule has 0 heterocycles. The number of benzene rings is 1. The van der Waals surface area contributed by atoms with Crippen molar-refractivity contribution in [3.05, 3.63) is 35.4 Å². The molecule has 0 saturated heterocycles. The number of carbonyl (C=O) groups excluding carboxylic acids is 1. The number of carbonyl (C=O) groups is 1. The van der Waals surface area contributed by atoms with E-state index in [0.717, 1.165) is 18.6 Å². The highest BCUT2D eigenvalue weighted by Gasteiger charge is 1.99. The predicted molar refractivity (Wildman–Crippen MR) is 72.5 cm³/mol. The first-order valence-corrected chi connectivity index (χ1v) is 6.37. The van der Waals surface area contributed by atoms with Crippen LogP contribution in [0.1, 0.15) is 24.5 Å². The molecule has 0 atom stereocenters. The Morgan fingerprint density at radius 2 is 1.94 bits per heavy atom. The Kier molecular flexibility index (Phi) is 6.87. The molecule has 0 aliphatic heterocycles. The lowest BCUT2D eigenvalue weighted by Gasteiger charge is -2.08. The maximum absolute atomic E-state index is 11.5. The Morgan fingerprint density at radius 3 is 2.61 bits per heavy atom. The second kappa shape index (κ2) is 8.53. The molecule has 1 rings (SSSR count). The molecular weight excluding hydrogens is 228 g/mol. The first kappa shape index (κ1) is 14.5. The summed E-state index contributed by atoms with van der Waals surface area (Å²) >= 11 is 0. The molecule has 1 aromatic carbocycles. The Bertz CT molecular complexity index is 349. The van der Waals surface area contributed by atoms with Gasteiger partial charge >= 0.3 is 6.03 Å². The lowest BCUT2D eigenvalue weighted by molar-refractivity contribution is 0.145. The highest BCUT2D eigenvalue weighted by atomic mass is 16.5. The highest BCUT2D eigenvalue weighted by molar-refractivity contribution is 5.73. The van der Waals surface area contributed by atoms with Gasteiger partial charge in [-0.1, -0.05) is 29.8 Å². The van der Waals surface area contributed by atoms with Gasteiger partial charge in [0.25, 0.3) is 0 Å². The van der Waals surface area contributed by atoms with E-state index >= 15 is 0 Å². The molecule has 0 bridgehead atoms. The largest absolute Gasteiger partial charge is 0.382 e. The van der Waals surface area contributed by atoms with E-state index in [0.29, 0.717) is 19.7 Å². The van der Waals surface area contributed by atoms with Gasteiger partial charge in [0.15, 0.2) is 0 Å². The summed E-state index contributed by atoms with van der Waals surface area (Å²) in [5.74, 6) is 0. The average Bonchev–Trinajstić information content (AvgIpc) is 2.38. The van der Waals surface area contributed by atoms with Gasteiger partial charge in [0.1, 0.15) is 0 Å². The Labute approximate surface area is 109 Å². The molecule has 0 saturated carbocycles. The normalized spacial score (nSPS) is 10.1. The third kappa shape index (κ3) is 6.25. The van der Waals surface area contributed by atoms with E-state index in [9.17, 15) is 4.79 Å². The molecule has 0 aliphatic carbocycles. The molecule has 0 aromatic heterocycles.